The number of aromatic hydroxyl groups is 1. The minimum absolute atomic E-state index is 0.0580. The summed E-state index contributed by atoms with van der Waals surface area (Å²) in [5.74, 6) is -0.688. The number of benzene rings is 1. The molecule has 144 valence electrons. The molecule has 2 aromatic rings. The molecule has 0 saturated heterocycles. The van der Waals surface area contributed by atoms with Crippen LogP contribution in [0.25, 0.3) is 0 Å². The van der Waals surface area contributed by atoms with Gasteiger partial charge in [0.1, 0.15) is 5.70 Å². The molecule has 1 aliphatic rings. The van der Waals surface area contributed by atoms with E-state index in [9.17, 15) is 14.7 Å². The first-order valence-corrected chi connectivity index (χ1v) is 9.53. The van der Waals surface area contributed by atoms with Gasteiger partial charge >= 0.3 is 0 Å². The fraction of sp³-hybridized carbons (Fsp3) is 0.190. The van der Waals surface area contributed by atoms with Gasteiger partial charge in [-0.3, -0.25) is 9.59 Å². The lowest BCUT2D eigenvalue weighted by Crippen LogP contribution is -2.36. The molecule has 1 amide bonds. The summed E-state index contributed by atoms with van der Waals surface area (Å²) in [5, 5.41) is 18.8. The number of amides is 1. The van der Waals surface area contributed by atoms with Crippen molar-refractivity contribution >= 4 is 28.7 Å². The molecule has 6 nitrogen and oxygen atoms in total. The van der Waals surface area contributed by atoms with Crippen molar-refractivity contribution in [1.29, 1.82) is 0 Å². The second-order valence-corrected chi connectivity index (χ2v) is 7.52. The Bertz CT molecular complexity index is 1020. The van der Waals surface area contributed by atoms with Gasteiger partial charge in [-0.25, -0.2) is 0 Å². The largest absolute Gasteiger partial charge is 0.505 e. The van der Waals surface area contributed by atoms with Gasteiger partial charge in [-0.05, 0) is 30.5 Å². The number of phenols is 1. The molecule has 3 rings (SSSR count). The molecular formula is C21H21N3O3S. The van der Waals surface area contributed by atoms with E-state index in [1.54, 1.807) is 43.6 Å². The molecule has 1 aliphatic carbocycles. The van der Waals surface area contributed by atoms with E-state index < -0.39 is 0 Å². The van der Waals surface area contributed by atoms with Gasteiger partial charge in [-0.15, -0.1) is 17.1 Å². The summed E-state index contributed by atoms with van der Waals surface area (Å²) < 4.78 is 0. The first-order valence-electron chi connectivity index (χ1n) is 8.65. The number of allylic oxidation sites excluding steroid dienone is 2. The van der Waals surface area contributed by atoms with E-state index >= 15 is 0 Å². The summed E-state index contributed by atoms with van der Waals surface area (Å²) >= 11 is 1.60. The number of nitrogens with one attached hydrogen (secondary N) is 2. The summed E-state index contributed by atoms with van der Waals surface area (Å²) in [5.41, 5.74) is 4.34. The molecule has 0 spiro atoms. The first kappa shape index (κ1) is 19.5. The zero-order valence-electron chi connectivity index (χ0n) is 15.9. The van der Waals surface area contributed by atoms with Crippen molar-refractivity contribution < 1.29 is 14.7 Å². The number of carbonyl (C=O) groups excluding carboxylic acids is 2. The van der Waals surface area contributed by atoms with Crippen molar-refractivity contribution in [3.05, 3.63) is 75.4 Å². The van der Waals surface area contributed by atoms with Crippen molar-refractivity contribution in [2.24, 2.45) is 0 Å². The van der Waals surface area contributed by atoms with Crippen LogP contribution < -0.4 is 10.6 Å². The van der Waals surface area contributed by atoms with Crippen LogP contribution in [0.15, 0.2) is 65.0 Å². The van der Waals surface area contributed by atoms with Gasteiger partial charge in [0.05, 0.1) is 28.6 Å². The van der Waals surface area contributed by atoms with E-state index in [2.05, 4.69) is 22.9 Å². The second-order valence-electron chi connectivity index (χ2n) is 6.54. The van der Waals surface area contributed by atoms with Gasteiger partial charge in [0.2, 0.25) is 5.78 Å². The van der Waals surface area contributed by atoms with E-state index in [4.69, 9.17) is 0 Å². The van der Waals surface area contributed by atoms with Crippen LogP contribution in [0.1, 0.15) is 28.2 Å². The predicted molar refractivity (Wildman–Crippen MR) is 110 cm³/mol. The van der Waals surface area contributed by atoms with E-state index in [1.807, 2.05) is 24.4 Å². The molecule has 1 aromatic heterocycles. The van der Waals surface area contributed by atoms with Crippen LogP contribution in [0.5, 0.6) is 5.75 Å². The molecule has 1 aromatic carbocycles. The maximum absolute atomic E-state index is 12.4. The number of anilines is 1. The number of hydrogen-bond donors (Lipinski definition) is 3. The molecule has 0 bridgehead atoms. The summed E-state index contributed by atoms with van der Waals surface area (Å²) in [7, 11) is 3.23. The standard InChI is InChI=1S/C21H21N3O3S/c1-5-13-17(18(20(13)26)22-12(2)16-10-7-11-28-16)23-15-9-6-8-14(19(15)25)21(27)24(3)4/h6-12,22-23,25H,1H2,2-4H3/t12-/m1/s1. The highest BCUT2D eigenvalue weighted by atomic mass is 32.1. The molecular weight excluding hydrogens is 374 g/mol. The quantitative estimate of drug-likeness (QED) is 0.397. The Labute approximate surface area is 167 Å². The highest BCUT2D eigenvalue weighted by molar-refractivity contribution is 7.10. The van der Waals surface area contributed by atoms with Crippen molar-refractivity contribution in [3.8, 4) is 5.75 Å². The molecule has 28 heavy (non-hydrogen) atoms. The van der Waals surface area contributed by atoms with Gasteiger partial charge < -0.3 is 20.6 Å². The van der Waals surface area contributed by atoms with Crippen LogP contribution in [0.3, 0.4) is 0 Å². The number of carbonyl (C=O) groups is 2. The Kier molecular flexibility index (Phi) is 5.40. The minimum atomic E-state index is -0.316. The predicted octanol–water partition coefficient (Wildman–Crippen LogP) is 3.42. The lowest BCUT2D eigenvalue weighted by molar-refractivity contribution is -0.113. The third-order valence-electron chi connectivity index (χ3n) is 4.39. The van der Waals surface area contributed by atoms with Crippen molar-refractivity contribution in [3.63, 3.8) is 0 Å². The Morgan fingerprint density at radius 2 is 2.00 bits per heavy atom. The number of phenolic OH excluding ortho intramolecular Hbond substituents is 1. The smallest absolute Gasteiger partial charge is 0.257 e. The van der Waals surface area contributed by atoms with E-state index in [-0.39, 0.29) is 29.0 Å². The Morgan fingerprint density at radius 1 is 1.25 bits per heavy atom. The molecule has 0 saturated carbocycles. The second kappa shape index (κ2) is 7.76. The van der Waals surface area contributed by atoms with Crippen LogP contribution in [0.4, 0.5) is 5.69 Å². The van der Waals surface area contributed by atoms with Crippen LogP contribution in [-0.2, 0) is 4.79 Å². The third kappa shape index (κ3) is 3.45. The summed E-state index contributed by atoms with van der Waals surface area (Å²) in [4.78, 5) is 27.1. The Morgan fingerprint density at radius 3 is 2.61 bits per heavy atom. The van der Waals surface area contributed by atoms with Crippen LogP contribution in [0.2, 0.25) is 0 Å². The van der Waals surface area contributed by atoms with Crippen molar-refractivity contribution in [2.75, 3.05) is 19.4 Å². The average Bonchev–Trinajstić information content (AvgIpc) is 3.21. The maximum Gasteiger partial charge on any atom is 0.257 e. The van der Waals surface area contributed by atoms with Gasteiger partial charge in [0.15, 0.2) is 5.75 Å². The van der Waals surface area contributed by atoms with E-state index in [0.29, 0.717) is 22.7 Å². The molecule has 3 N–H and O–H groups in total. The van der Waals surface area contributed by atoms with Gasteiger partial charge in [0.25, 0.3) is 5.91 Å². The average molecular weight is 395 g/mol. The van der Waals surface area contributed by atoms with Crippen LogP contribution in [-0.4, -0.2) is 35.8 Å². The highest BCUT2D eigenvalue weighted by Crippen LogP contribution is 2.35. The van der Waals surface area contributed by atoms with Crippen LogP contribution in [0, 0.1) is 0 Å². The van der Waals surface area contributed by atoms with Crippen LogP contribution >= 0.6 is 11.3 Å². The number of ketones is 1. The number of thiophene rings is 1. The summed E-state index contributed by atoms with van der Waals surface area (Å²) in [6.45, 7) is 5.54. The van der Waals surface area contributed by atoms with E-state index in [1.165, 1.54) is 4.90 Å². The molecule has 0 radical (unpaired) electrons. The fourth-order valence-electron chi connectivity index (χ4n) is 2.86. The zero-order valence-corrected chi connectivity index (χ0v) is 16.7. The minimum Gasteiger partial charge on any atom is -0.505 e. The number of nitrogens with zero attached hydrogens (tertiary/aromatic N) is 1. The summed E-state index contributed by atoms with van der Waals surface area (Å²) in [6, 6.07) is 8.74. The summed E-state index contributed by atoms with van der Waals surface area (Å²) in [6.07, 6.45) is 0. The number of Topliss-reactive ketones (excluding diaryl/α,β-unsaturated/α-hetero) is 1. The topological polar surface area (TPSA) is 81.7 Å². The normalized spacial score (nSPS) is 14.2. The lowest BCUT2D eigenvalue weighted by atomic mass is 9.91. The monoisotopic (exact) mass is 395 g/mol. The van der Waals surface area contributed by atoms with Gasteiger partial charge in [-0.1, -0.05) is 18.7 Å². The number of rotatable bonds is 6. The molecule has 0 fully saturated rings. The fourth-order valence-corrected chi connectivity index (χ4v) is 3.60. The molecule has 0 unspecified atom stereocenters. The highest BCUT2D eigenvalue weighted by Gasteiger charge is 2.35. The van der Waals surface area contributed by atoms with Gasteiger partial charge in [0, 0.05) is 19.0 Å². The molecule has 1 atom stereocenters. The number of hydrogen-bond acceptors (Lipinski definition) is 6. The Hall–Kier alpha value is -3.28. The third-order valence-corrected chi connectivity index (χ3v) is 5.45. The van der Waals surface area contributed by atoms with Crippen molar-refractivity contribution in [1.82, 2.24) is 10.2 Å². The molecule has 1 heterocycles. The zero-order chi connectivity index (χ0) is 20.4. The van der Waals surface area contributed by atoms with E-state index in [0.717, 1.165) is 4.88 Å². The number of para-hydroxylation sites is 1. The first-order chi connectivity index (χ1) is 13.3. The Balaban J connectivity index is 1.93. The maximum atomic E-state index is 12.4. The SMILES string of the molecule is C=C=C1C(=O)C(N[C@H](C)c2cccs2)=C1Nc1cccc(C(=O)N(C)C)c1O. The molecule has 7 heteroatoms. The van der Waals surface area contributed by atoms with Gasteiger partial charge in [-0.2, -0.15) is 0 Å². The molecule has 0 aliphatic heterocycles. The van der Waals surface area contributed by atoms with Crippen molar-refractivity contribution in [2.45, 2.75) is 13.0 Å². The lowest BCUT2D eigenvalue weighted by Gasteiger charge is -2.29.